The highest BCUT2D eigenvalue weighted by Crippen LogP contribution is 2.31. The molecule has 0 aliphatic carbocycles. The number of methoxy groups -OCH3 is 1. The van der Waals surface area contributed by atoms with Crippen LogP contribution in [0.4, 0.5) is 5.69 Å². The fourth-order valence-corrected chi connectivity index (χ4v) is 4.73. The summed E-state index contributed by atoms with van der Waals surface area (Å²) in [6.45, 7) is 4.99. The monoisotopic (exact) mass is 473 g/mol. The Hall–Kier alpha value is -2.61. The number of rotatable bonds is 7. The van der Waals surface area contributed by atoms with E-state index >= 15 is 0 Å². The van der Waals surface area contributed by atoms with Gasteiger partial charge in [0.1, 0.15) is 11.3 Å². The number of amides is 2. The largest absolute Gasteiger partial charge is 0.497 e. The molecular formula is C25H32ClN3O4. The number of piperidine rings is 1. The Kier molecular flexibility index (Phi) is 8.00. The van der Waals surface area contributed by atoms with E-state index in [1.165, 1.54) is 0 Å². The number of ether oxygens (including phenoxy) is 1. The summed E-state index contributed by atoms with van der Waals surface area (Å²) in [7, 11) is 4.93. The second-order valence-corrected chi connectivity index (χ2v) is 8.91. The van der Waals surface area contributed by atoms with Crippen molar-refractivity contribution in [2.75, 3.05) is 39.7 Å². The number of carbonyl (C=O) groups excluding carboxylic acids is 2. The molecule has 1 aliphatic heterocycles. The van der Waals surface area contributed by atoms with E-state index in [9.17, 15) is 9.59 Å². The Morgan fingerprint density at radius 1 is 1.09 bits per heavy atom. The van der Waals surface area contributed by atoms with Gasteiger partial charge in [0.2, 0.25) is 11.8 Å². The zero-order valence-electron chi connectivity index (χ0n) is 19.9. The van der Waals surface area contributed by atoms with Gasteiger partial charge in [-0.15, -0.1) is 0 Å². The van der Waals surface area contributed by atoms with Crippen LogP contribution in [0.5, 0.6) is 5.75 Å². The molecule has 2 amide bonds. The highest BCUT2D eigenvalue weighted by Gasteiger charge is 2.47. The molecule has 0 aromatic heterocycles. The molecule has 2 aromatic rings. The maximum Gasteiger partial charge on any atom is 0.250 e. The van der Waals surface area contributed by atoms with Gasteiger partial charge in [0.15, 0.2) is 0 Å². The Balaban J connectivity index is 1.85. The molecule has 0 radical (unpaired) electrons. The van der Waals surface area contributed by atoms with Crippen LogP contribution in [0.3, 0.4) is 0 Å². The van der Waals surface area contributed by atoms with Gasteiger partial charge >= 0.3 is 0 Å². The molecule has 1 aliphatic rings. The van der Waals surface area contributed by atoms with Crippen LogP contribution >= 0.6 is 11.6 Å². The number of likely N-dealkylation sites (N-methyl/N-ethyl adjacent to an activating group) is 1. The average molecular weight is 474 g/mol. The van der Waals surface area contributed by atoms with Gasteiger partial charge in [-0.05, 0) is 79.8 Å². The molecule has 0 spiro atoms. The molecule has 8 heteroatoms. The Labute approximate surface area is 200 Å². The van der Waals surface area contributed by atoms with Crippen LogP contribution in [0.25, 0.3) is 0 Å². The van der Waals surface area contributed by atoms with Crippen LogP contribution in [-0.2, 0) is 20.8 Å². The normalized spacial score (nSPS) is 15.7. The summed E-state index contributed by atoms with van der Waals surface area (Å²) in [5, 5.41) is 5.46. The van der Waals surface area contributed by atoms with Gasteiger partial charge in [0, 0.05) is 30.8 Å². The second-order valence-electron chi connectivity index (χ2n) is 8.47. The third-order valence-corrected chi connectivity index (χ3v) is 6.80. The minimum absolute atomic E-state index is 0.112. The van der Waals surface area contributed by atoms with E-state index in [1.807, 2.05) is 31.0 Å². The maximum absolute atomic E-state index is 13.6. The fraction of sp³-hybridized carbons (Fsp3) is 0.440. The van der Waals surface area contributed by atoms with Gasteiger partial charge in [0.25, 0.3) is 0 Å². The summed E-state index contributed by atoms with van der Waals surface area (Å²) >= 11 is 6.16. The number of hydrogen-bond acceptors (Lipinski definition) is 5. The molecule has 7 nitrogen and oxygen atoms in total. The van der Waals surface area contributed by atoms with Crippen molar-refractivity contribution in [2.24, 2.45) is 0 Å². The van der Waals surface area contributed by atoms with E-state index in [-0.39, 0.29) is 18.2 Å². The molecule has 3 rings (SSSR count). The van der Waals surface area contributed by atoms with Gasteiger partial charge in [0.05, 0.1) is 20.6 Å². The lowest BCUT2D eigenvalue weighted by atomic mass is 9.84. The summed E-state index contributed by atoms with van der Waals surface area (Å²) in [4.78, 5) is 34.0. The number of hydroxylamine groups is 2. The summed E-state index contributed by atoms with van der Waals surface area (Å²) in [5.74, 6) is 0.389. The smallest absolute Gasteiger partial charge is 0.250 e. The number of aryl methyl sites for hydroxylation is 2. The number of benzene rings is 2. The number of carbonyl (C=O) groups is 2. The third kappa shape index (κ3) is 5.49. The van der Waals surface area contributed by atoms with Gasteiger partial charge in [-0.2, -0.15) is 5.06 Å². The quantitative estimate of drug-likeness (QED) is 0.658. The first-order valence-corrected chi connectivity index (χ1v) is 11.3. The van der Waals surface area contributed by atoms with Crippen molar-refractivity contribution in [1.82, 2.24) is 9.96 Å². The van der Waals surface area contributed by atoms with Crippen LogP contribution in [0, 0.1) is 13.8 Å². The molecule has 33 heavy (non-hydrogen) atoms. The zero-order valence-corrected chi connectivity index (χ0v) is 20.7. The van der Waals surface area contributed by atoms with E-state index < -0.39 is 5.54 Å². The summed E-state index contributed by atoms with van der Waals surface area (Å²) in [6, 6.07) is 10.9. The van der Waals surface area contributed by atoms with Crippen molar-refractivity contribution in [3.05, 3.63) is 58.1 Å². The minimum Gasteiger partial charge on any atom is -0.497 e. The number of nitrogens with zero attached hydrogens (tertiary/aromatic N) is 2. The van der Waals surface area contributed by atoms with Crippen molar-refractivity contribution in [3.8, 4) is 5.75 Å². The lowest BCUT2D eigenvalue weighted by Gasteiger charge is -2.45. The Morgan fingerprint density at radius 2 is 1.67 bits per heavy atom. The first kappa shape index (κ1) is 25.0. The van der Waals surface area contributed by atoms with E-state index in [1.54, 1.807) is 50.4 Å². The van der Waals surface area contributed by atoms with Crippen LogP contribution in [0.15, 0.2) is 36.4 Å². The standard InChI is InChI=1S/C25H32ClN3O4/c1-17-14-19(26)15-18(2)22(17)16-23(30)28(3)25(10-12-29(33-5)13-11-25)24(31)27-20-6-8-21(32-4)9-7-20/h6-9,14-15H,10-13,16H2,1-5H3,(H,27,31). The molecular weight excluding hydrogens is 442 g/mol. The third-order valence-electron chi connectivity index (χ3n) is 6.58. The van der Waals surface area contributed by atoms with Gasteiger partial charge in [-0.25, -0.2) is 0 Å². The Morgan fingerprint density at radius 3 is 2.18 bits per heavy atom. The zero-order chi connectivity index (χ0) is 24.2. The lowest BCUT2D eigenvalue weighted by molar-refractivity contribution is -0.171. The number of hydrogen-bond donors (Lipinski definition) is 1. The van der Waals surface area contributed by atoms with Gasteiger partial charge in [-0.1, -0.05) is 11.6 Å². The molecule has 178 valence electrons. The maximum atomic E-state index is 13.6. The van der Waals surface area contributed by atoms with E-state index in [2.05, 4.69) is 5.32 Å². The first-order chi connectivity index (χ1) is 15.7. The van der Waals surface area contributed by atoms with Crippen molar-refractivity contribution < 1.29 is 19.2 Å². The minimum atomic E-state index is -0.986. The summed E-state index contributed by atoms with van der Waals surface area (Å²) < 4.78 is 5.19. The predicted molar refractivity (Wildman–Crippen MR) is 130 cm³/mol. The number of anilines is 1. The highest BCUT2D eigenvalue weighted by molar-refractivity contribution is 6.30. The van der Waals surface area contributed by atoms with Crippen molar-refractivity contribution >= 4 is 29.1 Å². The second kappa shape index (κ2) is 10.5. The summed E-state index contributed by atoms with van der Waals surface area (Å²) in [6.07, 6.45) is 1.13. The number of halogens is 1. The topological polar surface area (TPSA) is 71.1 Å². The molecule has 0 atom stereocenters. The molecule has 1 N–H and O–H groups in total. The first-order valence-electron chi connectivity index (χ1n) is 11.0. The Bertz CT molecular complexity index is 978. The van der Waals surface area contributed by atoms with Gasteiger partial charge in [-0.3, -0.25) is 9.59 Å². The van der Waals surface area contributed by atoms with E-state index in [0.717, 1.165) is 16.7 Å². The summed E-state index contributed by atoms with van der Waals surface area (Å²) in [5.41, 5.74) is 2.54. The molecule has 1 heterocycles. The predicted octanol–water partition coefficient (Wildman–Crippen LogP) is 4.00. The van der Waals surface area contributed by atoms with E-state index in [0.29, 0.717) is 42.4 Å². The molecule has 1 saturated heterocycles. The highest BCUT2D eigenvalue weighted by atomic mass is 35.5. The van der Waals surface area contributed by atoms with Crippen molar-refractivity contribution in [1.29, 1.82) is 0 Å². The molecule has 0 unspecified atom stereocenters. The molecule has 0 saturated carbocycles. The van der Waals surface area contributed by atoms with Crippen LogP contribution in [0.1, 0.15) is 29.5 Å². The SMILES string of the molecule is COc1ccc(NC(=O)C2(N(C)C(=O)Cc3c(C)cc(Cl)cc3C)CCN(OC)CC2)cc1. The molecule has 0 bridgehead atoms. The molecule has 2 aromatic carbocycles. The van der Waals surface area contributed by atoms with Gasteiger partial charge < -0.3 is 19.8 Å². The van der Waals surface area contributed by atoms with Crippen LogP contribution in [0.2, 0.25) is 5.02 Å². The average Bonchev–Trinajstić information content (AvgIpc) is 2.81. The lowest BCUT2D eigenvalue weighted by Crippen LogP contribution is -2.62. The fourth-order valence-electron chi connectivity index (χ4n) is 4.40. The van der Waals surface area contributed by atoms with Crippen molar-refractivity contribution in [2.45, 2.75) is 38.6 Å². The number of nitrogens with one attached hydrogen (secondary N) is 1. The van der Waals surface area contributed by atoms with Crippen LogP contribution in [-0.4, -0.2) is 61.7 Å². The van der Waals surface area contributed by atoms with E-state index in [4.69, 9.17) is 21.2 Å². The van der Waals surface area contributed by atoms with Crippen molar-refractivity contribution in [3.63, 3.8) is 0 Å². The van der Waals surface area contributed by atoms with Crippen LogP contribution < -0.4 is 10.1 Å². The molecule has 1 fully saturated rings.